The number of hydrogen-bond acceptors (Lipinski definition) is 2. The summed E-state index contributed by atoms with van der Waals surface area (Å²) in [6.45, 7) is 0.810. The predicted octanol–water partition coefficient (Wildman–Crippen LogP) is 3.08. The maximum Gasteiger partial charge on any atom is 0.0704 e. The van der Waals surface area contributed by atoms with Gasteiger partial charge in [0.1, 0.15) is 0 Å². The molecule has 0 spiro atoms. The van der Waals surface area contributed by atoms with E-state index in [1.165, 1.54) is 30.2 Å². The standard InChI is InChI=1S/C15H18N2/c16-10-13-3-1-5-14(13)12-7-6-11-4-2-8-17-15(11)9-12/h2,4,6-9,13-14H,1,3,5,10,16H2. The van der Waals surface area contributed by atoms with E-state index in [2.05, 4.69) is 29.2 Å². The van der Waals surface area contributed by atoms with Crippen LogP contribution in [0.1, 0.15) is 30.7 Å². The van der Waals surface area contributed by atoms with Crippen molar-refractivity contribution in [3.63, 3.8) is 0 Å². The SMILES string of the molecule is NCC1CCCC1c1ccc2cccnc2c1. The average Bonchev–Trinajstić information content (AvgIpc) is 2.86. The highest BCUT2D eigenvalue weighted by Gasteiger charge is 2.27. The van der Waals surface area contributed by atoms with Gasteiger partial charge in [0.15, 0.2) is 0 Å². The number of pyridine rings is 1. The number of rotatable bonds is 2. The summed E-state index contributed by atoms with van der Waals surface area (Å²) in [4.78, 5) is 4.43. The van der Waals surface area contributed by atoms with Crippen LogP contribution < -0.4 is 5.73 Å². The van der Waals surface area contributed by atoms with Crippen molar-refractivity contribution in [1.82, 2.24) is 4.98 Å². The molecule has 0 radical (unpaired) electrons. The van der Waals surface area contributed by atoms with Gasteiger partial charge in [0.05, 0.1) is 5.52 Å². The highest BCUT2D eigenvalue weighted by molar-refractivity contribution is 5.79. The molecule has 2 aromatic rings. The van der Waals surface area contributed by atoms with Gasteiger partial charge in [0.2, 0.25) is 0 Å². The molecule has 17 heavy (non-hydrogen) atoms. The first kappa shape index (κ1) is 10.7. The zero-order valence-electron chi connectivity index (χ0n) is 9.97. The van der Waals surface area contributed by atoms with Gasteiger partial charge in [-0.05, 0) is 48.9 Å². The van der Waals surface area contributed by atoms with Crippen LogP contribution in [0.5, 0.6) is 0 Å². The van der Waals surface area contributed by atoms with Crippen molar-refractivity contribution in [2.45, 2.75) is 25.2 Å². The molecule has 1 aliphatic rings. The molecule has 2 heteroatoms. The van der Waals surface area contributed by atoms with Crippen LogP contribution in [-0.2, 0) is 0 Å². The second-order valence-electron chi connectivity index (χ2n) is 4.99. The van der Waals surface area contributed by atoms with E-state index in [4.69, 9.17) is 5.73 Å². The lowest BCUT2D eigenvalue weighted by atomic mass is 9.88. The maximum absolute atomic E-state index is 5.86. The molecule has 2 atom stereocenters. The van der Waals surface area contributed by atoms with Crippen molar-refractivity contribution in [3.8, 4) is 0 Å². The largest absolute Gasteiger partial charge is 0.330 e. The summed E-state index contributed by atoms with van der Waals surface area (Å²) in [6.07, 6.45) is 5.73. The van der Waals surface area contributed by atoms with Gasteiger partial charge < -0.3 is 5.73 Å². The molecule has 1 aromatic heterocycles. The van der Waals surface area contributed by atoms with Crippen molar-refractivity contribution < 1.29 is 0 Å². The predicted molar refractivity (Wildman–Crippen MR) is 70.9 cm³/mol. The Morgan fingerprint density at radius 1 is 1.24 bits per heavy atom. The van der Waals surface area contributed by atoms with Crippen LogP contribution in [0.25, 0.3) is 10.9 Å². The summed E-state index contributed by atoms with van der Waals surface area (Å²) in [6, 6.07) is 10.8. The molecule has 1 aliphatic carbocycles. The molecule has 2 N–H and O–H groups in total. The van der Waals surface area contributed by atoms with Crippen LogP contribution in [0.15, 0.2) is 36.5 Å². The summed E-state index contributed by atoms with van der Waals surface area (Å²) >= 11 is 0. The van der Waals surface area contributed by atoms with E-state index in [0.717, 1.165) is 12.1 Å². The normalized spacial score (nSPS) is 24.3. The number of aromatic nitrogens is 1. The molecular formula is C15H18N2. The van der Waals surface area contributed by atoms with Gasteiger partial charge in [-0.25, -0.2) is 0 Å². The Morgan fingerprint density at radius 2 is 2.18 bits per heavy atom. The lowest BCUT2D eigenvalue weighted by Crippen LogP contribution is -2.17. The van der Waals surface area contributed by atoms with Crippen LogP contribution >= 0.6 is 0 Å². The maximum atomic E-state index is 5.86. The molecule has 1 heterocycles. The lowest BCUT2D eigenvalue weighted by molar-refractivity contribution is 0.496. The van der Waals surface area contributed by atoms with Gasteiger partial charge in [0, 0.05) is 11.6 Å². The third kappa shape index (κ3) is 1.93. The van der Waals surface area contributed by atoms with Gasteiger partial charge in [-0.15, -0.1) is 0 Å². The molecule has 2 unspecified atom stereocenters. The van der Waals surface area contributed by atoms with Gasteiger partial charge in [-0.1, -0.05) is 24.6 Å². The molecule has 88 valence electrons. The van der Waals surface area contributed by atoms with Crippen molar-refractivity contribution in [1.29, 1.82) is 0 Å². The smallest absolute Gasteiger partial charge is 0.0704 e. The first-order chi connectivity index (χ1) is 8.38. The van der Waals surface area contributed by atoms with Crippen molar-refractivity contribution in [2.75, 3.05) is 6.54 Å². The molecule has 0 aliphatic heterocycles. The quantitative estimate of drug-likeness (QED) is 0.854. The fourth-order valence-electron chi connectivity index (χ4n) is 3.07. The monoisotopic (exact) mass is 226 g/mol. The fraction of sp³-hybridized carbons (Fsp3) is 0.400. The molecule has 1 saturated carbocycles. The topological polar surface area (TPSA) is 38.9 Å². The summed E-state index contributed by atoms with van der Waals surface area (Å²) < 4.78 is 0. The molecule has 0 amide bonds. The number of benzene rings is 1. The van der Waals surface area contributed by atoms with Gasteiger partial charge in [-0.3, -0.25) is 4.98 Å². The van der Waals surface area contributed by atoms with E-state index < -0.39 is 0 Å². The molecule has 1 aromatic carbocycles. The van der Waals surface area contributed by atoms with E-state index >= 15 is 0 Å². The van der Waals surface area contributed by atoms with Crippen LogP contribution in [0.4, 0.5) is 0 Å². The first-order valence-electron chi connectivity index (χ1n) is 6.43. The summed E-state index contributed by atoms with van der Waals surface area (Å²) in [7, 11) is 0. The van der Waals surface area contributed by atoms with Crippen LogP contribution in [0, 0.1) is 5.92 Å². The highest BCUT2D eigenvalue weighted by Crippen LogP contribution is 2.39. The van der Waals surface area contributed by atoms with Crippen molar-refractivity contribution in [2.24, 2.45) is 11.7 Å². The van der Waals surface area contributed by atoms with E-state index in [-0.39, 0.29) is 0 Å². The Hall–Kier alpha value is -1.41. The van der Waals surface area contributed by atoms with Crippen LogP contribution in [0.2, 0.25) is 0 Å². The summed E-state index contributed by atoms with van der Waals surface area (Å²) in [5.41, 5.74) is 8.38. The number of nitrogens with zero attached hydrogens (tertiary/aromatic N) is 1. The second kappa shape index (κ2) is 4.46. The van der Waals surface area contributed by atoms with E-state index in [1.807, 2.05) is 12.3 Å². The number of fused-ring (bicyclic) bond motifs is 1. The Kier molecular flexibility index (Phi) is 2.81. The van der Waals surface area contributed by atoms with Crippen LogP contribution in [-0.4, -0.2) is 11.5 Å². The summed E-state index contributed by atoms with van der Waals surface area (Å²) in [5.74, 6) is 1.31. The Morgan fingerprint density at radius 3 is 3.06 bits per heavy atom. The van der Waals surface area contributed by atoms with Crippen molar-refractivity contribution >= 4 is 10.9 Å². The van der Waals surface area contributed by atoms with E-state index in [1.54, 1.807) is 0 Å². The molecule has 0 saturated heterocycles. The third-order valence-corrected chi connectivity index (χ3v) is 4.02. The zero-order chi connectivity index (χ0) is 11.7. The van der Waals surface area contributed by atoms with E-state index in [0.29, 0.717) is 11.8 Å². The first-order valence-corrected chi connectivity index (χ1v) is 6.43. The third-order valence-electron chi connectivity index (χ3n) is 4.02. The molecule has 2 nitrogen and oxygen atoms in total. The molecular weight excluding hydrogens is 208 g/mol. The van der Waals surface area contributed by atoms with Crippen LogP contribution in [0.3, 0.4) is 0 Å². The Labute approximate surface area is 102 Å². The molecule has 3 rings (SSSR count). The molecule has 1 fully saturated rings. The fourth-order valence-corrected chi connectivity index (χ4v) is 3.07. The van der Waals surface area contributed by atoms with E-state index in [9.17, 15) is 0 Å². The Bertz CT molecular complexity index is 521. The average molecular weight is 226 g/mol. The van der Waals surface area contributed by atoms with Gasteiger partial charge >= 0.3 is 0 Å². The number of hydrogen-bond donors (Lipinski definition) is 1. The second-order valence-corrected chi connectivity index (χ2v) is 4.99. The number of nitrogens with two attached hydrogens (primary N) is 1. The molecule has 0 bridgehead atoms. The minimum atomic E-state index is 0.645. The minimum absolute atomic E-state index is 0.645. The minimum Gasteiger partial charge on any atom is -0.330 e. The zero-order valence-corrected chi connectivity index (χ0v) is 9.97. The van der Waals surface area contributed by atoms with Gasteiger partial charge in [-0.2, -0.15) is 0 Å². The Balaban J connectivity index is 2.00. The van der Waals surface area contributed by atoms with Gasteiger partial charge in [0.25, 0.3) is 0 Å². The summed E-state index contributed by atoms with van der Waals surface area (Å²) in [5, 5.41) is 1.22. The van der Waals surface area contributed by atoms with Crippen molar-refractivity contribution in [3.05, 3.63) is 42.1 Å². The highest BCUT2D eigenvalue weighted by atomic mass is 14.6. The lowest BCUT2D eigenvalue weighted by Gasteiger charge is -2.18.